The molecule has 29 heavy (non-hydrogen) atoms. The van der Waals surface area contributed by atoms with E-state index in [1.165, 1.54) is 12.1 Å². The quantitative estimate of drug-likeness (QED) is 0.548. The molecule has 8 heteroatoms. The molecule has 152 valence electrons. The minimum atomic E-state index is -0.457. The third kappa shape index (κ3) is 5.54. The van der Waals surface area contributed by atoms with E-state index in [4.69, 9.17) is 14.0 Å². The van der Waals surface area contributed by atoms with Crippen molar-refractivity contribution >= 4 is 5.91 Å². The summed E-state index contributed by atoms with van der Waals surface area (Å²) in [6.07, 6.45) is 0.419. The van der Waals surface area contributed by atoms with Crippen molar-refractivity contribution in [3.63, 3.8) is 0 Å². The van der Waals surface area contributed by atoms with E-state index in [0.29, 0.717) is 31.0 Å². The normalized spacial score (nSPS) is 10.6. The molecule has 0 saturated carbocycles. The number of rotatable bonds is 9. The molecule has 0 bridgehead atoms. The van der Waals surface area contributed by atoms with Crippen molar-refractivity contribution in [2.75, 3.05) is 20.2 Å². The van der Waals surface area contributed by atoms with Crippen LogP contribution in [-0.4, -0.2) is 41.1 Å². The minimum Gasteiger partial charge on any atom is -0.494 e. The molecule has 0 atom stereocenters. The first kappa shape index (κ1) is 20.3. The Morgan fingerprint density at radius 3 is 2.62 bits per heavy atom. The highest BCUT2D eigenvalue weighted by molar-refractivity contribution is 5.94. The van der Waals surface area contributed by atoms with Gasteiger partial charge in [-0.25, -0.2) is 4.39 Å². The van der Waals surface area contributed by atoms with Crippen molar-refractivity contribution in [2.45, 2.75) is 20.0 Å². The third-order valence-electron chi connectivity index (χ3n) is 4.13. The maximum Gasteiger partial charge on any atom is 0.264 e. The number of benzene rings is 2. The molecule has 3 rings (SSSR count). The third-order valence-corrected chi connectivity index (χ3v) is 4.13. The Labute approximate surface area is 168 Å². The Balaban J connectivity index is 1.49. The maximum absolute atomic E-state index is 13.5. The molecule has 0 fully saturated rings. The smallest absolute Gasteiger partial charge is 0.264 e. The molecule has 2 aromatic carbocycles. The molecule has 1 aromatic heterocycles. The van der Waals surface area contributed by atoms with Crippen LogP contribution in [0.4, 0.5) is 4.39 Å². The zero-order valence-corrected chi connectivity index (χ0v) is 16.3. The molecule has 1 amide bonds. The average Bonchev–Trinajstić information content (AvgIpc) is 3.19. The lowest BCUT2D eigenvalue weighted by atomic mass is 10.2. The van der Waals surface area contributed by atoms with E-state index < -0.39 is 5.82 Å². The van der Waals surface area contributed by atoms with Crippen molar-refractivity contribution in [1.82, 2.24) is 15.0 Å². The van der Waals surface area contributed by atoms with Gasteiger partial charge in [0.1, 0.15) is 5.75 Å². The Kier molecular flexibility index (Phi) is 6.78. The summed E-state index contributed by atoms with van der Waals surface area (Å²) in [6, 6.07) is 13.1. The molecule has 3 aromatic rings. The highest BCUT2D eigenvalue weighted by Gasteiger charge is 2.14. The van der Waals surface area contributed by atoms with Crippen LogP contribution >= 0.6 is 0 Å². The number of halogens is 1. The van der Waals surface area contributed by atoms with Crippen LogP contribution in [0, 0.1) is 5.82 Å². The summed E-state index contributed by atoms with van der Waals surface area (Å²) in [7, 11) is 1.71. The van der Waals surface area contributed by atoms with Crippen molar-refractivity contribution in [1.29, 1.82) is 0 Å². The van der Waals surface area contributed by atoms with Gasteiger partial charge in [-0.3, -0.25) is 4.79 Å². The van der Waals surface area contributed by atoms with Gasteiger partial charge in [-0.1, -0.05) is 17.3 Å². The number of amides is 1. The summed E-state index contributed by atoms with van der Waals surface area (Å²) in [5, 5.41) is 3.87. The molecule has 0 aliphatic rings. The molecule has 7 nitrogen and oxygen atoms in total. The van der Waals surface area contributed by atoms with E-state index in [2.05, 4.69) is 10.1 Å². The highest BCUT2D eigenvalue weighted by atomic mass is 19.1. The van der Waals surface area contributed by atoms with Crippen LogP contribution in [0.2, 0.25) is 0 Å². The summed E-state index contributed by atoms with van der Waals surface area (Å²) in [6.45, 7) is 2.86. The van der Waals surface area contributed by atoms with Gasteiger partial charge in [0.15, 0.2) is 24.0 Å². The van der Waals surface area contributed by atoms with Crippen LogP contribution in [0.1, 0.15) is 29.0 Å². The number of ether oxygens (including phenoxy) is 2. The molecule has 0 radical (unpaired) electrons. The summed E-state index contributed by atoms with van der Waals surface area (Å²) < 4.78 is 29.4. The minimum absolute atomic E-state index is 0.0329. The molecular weight excluding hydrogens is 377 g/mol. The summed E-state index contributed by atoms with van der Waals surface area (Å²) in [5.41, 5.74) is 0.572. The fraction of sp³-hybridized carbons (Fsp3) is 0.286. The number of hydrogen-bond acceptors (Lipinski definition) is 6. The van der Waals surface area contributed by atoms with Gasteiger partial charge < -0.3 is 18.9 Å². The Hall–Kier alpha value is -3.42. The zero-order chi connectivity index (χ0) is 20.6. The van der Waals surface area contributed by atoms with Gasteiger partial charge in [0.2, 0.25) is 0 Å². The standard InChI is InChI=1S/C21H22FN3O4/c1-3-27-16-10-8-15(9-11-16)21(26)25(2)13-12-19-23-20(29-24-19)14-28-18-7-5-4-6-17(18)22/h4-11H,3,12-14H2,1-2H3. The van der Waals surface area contributed by atoms with Crippen molar-refractivity contribution in [3.05, 3.63) is 71.6 Å². The summed E-state index contributed by atoms with van der Waals surface area (Å²) in [5.74, 6) is 0.963. The van der Waals surface area contributed by atoms with E-state index in [9.17, 15) is 9.18 Å². The van der Waals surface area contributed by atoms with E-state index in [1.54, 1.807) is 48.3 Å². The van der Waals surface area contributed by atoms with Crippen LogP contribution in [0.3, 0.4) is 0 Å². The van der Waals surface area contributed by atoms with Gasteiger partial charge in [-0.05, 0) is 43.3 Å². The lowest BCUT2D eigenvalue weighted by Crippen LogP contribution is -2.29. The lowest BCUT2D eigenvalue weighted by Gasteiger charge is -2.16. The van der Waals surface area contributed by atoms with Crippen LogP contribution in [0.25, 0.3) is 0 Å². The van der Waals surface area contributed by atoms with Gasteiger partial charge >= 0.3 is 0 Å². The molecule has 0 aliphatic carbocycles. The molecule has 0 N–H and O–H groups in total. The number of likely N-dealkylation sites (N-methyl/N-ethyl adjacent to an activating group) is 1. The van der Waals surface area contributed by atoms with Crippen molar-refractivity contribution in [3.8, 4) is 11.5 Å². The molecule has 0 spiro atoms. The van der Waals surface area contributed by atoms with Gasteiger partial charge in [0, 0.05) is 25.6 Å². The second-order valence-corrected chi connectivity index (χ2v) is 6.26. The van der Waals surface area contributed by atoms with E-state index >= 15 is 0 Å². The number of carbonyl (C=O) groups excluding carboxylic acids is 1. The topological polar surface area (TPSA) is 77.7 Å². The van der Waals surface area contributed by atoms with E-state index in [-0.39, 0.29) is 24.2 Å². The number of hydrogen-bond donors (Lipinski definition) is 0. The van der Waals surface area contributed by atoms with Gasteiger partial charge in [0.05, 0.1) is 6.61 Å². The first-order valence-corrected chi connectivity index (χ1v) is 9.24. The molecule has 0 aliphatic heterocycles. The number of nitrogens with zero attached hydrogens (tertiary/aromatic N) is 3. The van der Waals surface area contributed by atoms with Crippen LogP contribution < -0.4 is 9.47 Å². The predicted molar refractivity (Wildman–Crippen MR) is 103 cm³/mol. The summed E-state index contributed by atoms with van der Waals surface area (Å²) >= 11 is 0. The SMILES string of the molecule is CCOc1ccc(C(=O)N(C)CCc2noc(COc3ccccc3F)n2)cc1. The number of carbonyl (C=O) groups is 1. The zero-order valence-electron chi connectivity index (χ0n) is 16.3. The largest absolute Gasteiger partial charge is 0.494 e. The Morgan fingerprint density at radius 2 is 1.90 bits per heavy atom. The van der Waals surface area contributed by atoms with E-state index in [1.807, 2.05) is 6.92 Å². The highest BCUT2D eigenvalue weighted by Crippen LogP contribution is 2.17. The van der Waals surface area contributed by atoms with Gasteiger partial charge in [-0.2, -0.15) is 4.98 Å². The fourth-order valence-corrected chi connectivity index (χ4v) is 2.60. The van der Waals surface area contributed by atoms with E-state index in [0.717, 1.165) is 5.75 Å². The second kappa shape index (κ2) is 9.68. The number of para-hydroxylation sites is 1. The molecular formula is C21H22FN3O4. The first-order chi connectivity index (χ1) is 14.1. The molecule has 1 heterocycles. The predicted octanol–water partition coefficient (Wildman–Crippen LogP) is 3.50. The maximum atomic E-state index is 13.5. The molecule has 0 unspecified atom stereocenters. The first-order valence-electron chi connectivity index (χ1n) is 9.24. The Bertz CT molecular complexity index is 943. The van der Waals surface area contributed by atoms with Gasteiger partial charge in [-0.15, -0.1) is 0 Å². The second-order valence-electron chi connectivity index (χ2n) is 6.26. The van der Waals surface area contributed by atoms with Crippen LogP contribution in [0.15, 0.2) is 53.1 Å². The Morgan fingerprint density at radius 1 is 1.14 bits per heavy atom. The average molecular weight is 399 g/mol. The van der Waals surface area contributed by atoms with Crippen molar-refractivity contribution in [2.24, 2.45) is 0 Å². The molecule has 0 saturated heterocycles. The van der Waals surface area contributed by atoms with Crippen molar-refractivity contribution < 1.29 is 23.2 Å². The summed E-state index contributed by atoms with van der Waals surface area (Å²) in [4.78, 5) is 18.3. The van der Waals surface area contributed by atoms with Crippen LogP contribution in [0.5, 0.6) is 11.5 Å². The number of aromatic nitrogens is 2. The fourth-order valence-electron chi connectivity index (χ4n) is 2.60. The van der Waals surface area contributed by atoms with Crippen LogP contribution in [-0.2, 0) is 13.0 Å². The lowest BCUT2D eigenvalue weighted by molar-refractivity contribution is 0.0795. The van der Waals surface area contributed by atoms with Gasteiger partial charge in [0.25, 0.3) is 11.8 Å². The monoisotopic (exact) mass is 399 g/mol.